The van der Waals surface area contributed by atoms with Crippen molar-refractivity contribution < 1.29 is 22.7 Å². The Kier molecular flexibility index (Phi) is 7.51. The van der Waals surface area contributed by atoms with Crippen molar-refractivity contribution in [3.8, 4) is 5.75 Å². The molecule has 0 aliphatic carbocycles. The van der Waals surface area contributed by atoms with Gasteiger partial charge >= 0.3 is 0 Å². The number of benzene rings is 2. The number of anilines is 3. The second-order valence-corrected chi connectivity index (χ2v) is 11.2. The number of hydrazine groups is 2. The average molecular weight is 517 g/mol. The van der Waals surface area contributed by atoms with Crippen molar-refractivity contribution in [3.63, 3.8) is 0 Å². The number of amides is 2. The van der Waals surface area contributed by atoms with E-state index in [2.05, 4.69) is 26.3 Å². The molecule has 1 heterocycles. The standard InChI is InChI=1S/C24H32N6O5S/c1-14-8-9-15(10-20(14)30-13-19(27-29-30)23(32)25-5)22(31)26-17-11-16(24(2,3)4)12-18(21(17)35-6)28-36(7,33)34/h8-13,27-29H,1-7H3,(H,25,32)(H,26,31). The number of nitrogens with one attached hydrogen (secondary N) is 5. The first-order chi connectivity index (χ1) is 16.7. The summed E-state index contributed by atoms with van der Waals surface area (Å²) in [6.07, 6.45) is 2.63. The molecule has 36 heavy (non-hydrogen) atoms. The first-order valence-corrected chi connectivity index (χ1v) is 13.0. The zero-order chi connectivity index (χ0) is 26.8. The molecule has 12 heteroatoms. The lowest BCUT2D eigenvalue weighted by Crippen LogP contribution is -2.39. The molecule has 0 fully saturated rings. The lowest BCUT2D eigenvalue weighted by Gasteiger charge is -2.24. The first-order valence-electron chi connectivity index (χ1n) is 11.1. The van der Waals surface area contributed by atoms with E-state index in [1.165, 1.54) is 14.2 Å². The monoisotopic (exact) mass is 516 g/mol. The molecule has 3 rings (SSSR count). The summed E-state index contributed by atoms with van der Waals surface area (Å²) in [6, 6.07) is 8.61. The van der Waals surface area contributed by atoms with Gasteiger partial charge in [-0.3, -0.25) is 24.7 Å². The molecule has 2 aromatic carbocycles. The van der Waals surface area contributed by atoms with Gasteiger partial charge in [-0.15, -0.1) is 5.53 Å². The molecule has 1 aliphatic heterocycles. The quantitative estimate of drug-likeness (QED) is 0.378. The Morgan fingerprint density at radius 1 is 1.06 bits per heavy atom. The van der Waals surface area contributed by atoms with Crippen molar-refractivity contribution in [1.29, 1.82) is 0 Å². The van der Waals surface area contributed by atoms with Crippen LogP contribution in [0.25, 0.3) is 0 Å². The lowest BCUT2D eigenvalue weighted by molar-refractivity contribution is -0.117. The van der Waals surface area contributed by atoms with Crippen LogP contribution >= 0.6 is 0 Å². The van der Waals surface area contributed by atoms with E-state index in [0.717, 1.165) is 17.4 Å². The summed E-state index contributed by atoms with van der Waals surface area (Å²) in [4.78, 5) is 25.2. The molecule has 0 atom stereocenters. The van der Waals surface area contributed by atoms with Crippen LogP contribution in [0.15, 0.2) is 42.2 Å². The van der Waals surface area contributed by atoms with E-state index >= 15 is 0 Å². The minimum atomic E-state index is -3.60. The summed E-state index contributed by atoms with van der Waals surface area (Å²) in [5, 5.41) is 7.00. The van der Waals surface area contributed by atoms with Crippen LogP contribution in [0.3, 0.4) is 0 Å². The molecule has 0 radical (unpaired) electrons. The smallest absolute Gasteiger partial charge is 0.270 e. The normalized spacial score (nSPS) is 13.5. The number of methoxy groups -OCH3 is 1. The molecular weight excluding hydrogens is 484 g/mol. The molecule has 0 bridgehead atoms. The maximum absolute atomic E-state index is 13.3. The maximum Gasteiger partial charge on any atom is 0.270 e. The van der Waals surface area contributed by atoms with Crippen molar-refractivity contribution in [2.45, 2.75) is 33.1 Å². The van der Waals surface area contributed by atoms with Crippen LogP contribution < -0.4 is 36.1 Å². The highest BCUT2D eigenvalue weighted by Gasteiger charge is 2.24. The Bertz CT molecular complexity index is 1330. The van der Waals surface area contributed by atoms with E-state index < -0.39 is 15.9 Å². The van der Waals surface area contributed by atoms with E-state index in [9.17, 15) is 18.0 Å². The minimum Gasteiger partial charge on any atom is -0.492 e. The van der Waals surface area contributed by atoms with Gasteiger partial charge in [0.05, 0.1) is 36.6 Å². The zero-order valence-corrected chi connectivity index (χ0v) is 22.2. The Hall–Kier alpha value is -3.77. The molecule has 194 valence electrons. The Morgan fingerprint density at radius 2 is 1.72 bits per heavy atom. The molecule has 0 saturated carbocycles. The summed E-state index contributed by atoms with van der Waals surface area (Å²) in [7, 11) is -0.661. The summed E-state index contributed by atoms with van der Waals surface area (Å²) < 4.78 is 31.9. The predicted octanol–water partition coefficient (Wildman–Crippen LogP) is 2.34. The van der Waals surface area contributed by atoms with Crippen molar-refractivity contribution >= 4 is 38.9 Å². The van der Waals surface area contributed by atoms with Gasteiger partial charge in [0.15, 0.2) is 5.75 Å². The van der Waals surface area contributed by atoms with E-state index in [4.69, 9.17) is 4.74 Å². The SMILES string of the molecule is CNC(=O)C1=CN(c2cc(C(=O)Nc3cc(C(C)(C)C)cc(NS(C)(=O)=O)c3OC)ccc2C)NN1. The van der Waals surface area contributed by atoms with Crippen LogP contribution in [0, 0.1) is 6.92 Å². The van der Waals surface area contributed by atoms with E-state index in [0.29, 0.717) is 22.6 Å². The number of carbonyl (C=O) groups excluding carboxylic acids is 2. The van der Waals surface area contributed by atoms with Gasteiger partial charge in [0.1, 0.15) is 5.70 Å². The number of carbonyl (C=O) groups is 2. The fourth-order valence-electron chi connectivity index (χ4n) is 3.55. The van der Waals surface area contributed by atoms with E-state index in [1.807, 2.05) is 27.7 Å². The number of likely N-dealkylation sites (N-methyl/N-ethyl adjacent to an activating group) is 1. The number of hydrogen-bond donors (Lipinski definition) is 5. The van der Waals surface area contributed by atoms with Crippen LogP contribution in [0.2, 0.25) is 0 Å². The number of ether oxygens (including phenoxy) is 1. The molecule has 5 N–H and O–H groups in total. The van der Waals surface area contributed by atoms with Crippen molar-refractivity contribution in [1.82, 2.24) is 16.3 Å². The summed E-state index contributed by atoms with van der Waals surface area (Å²) in [6.45, 7) is 7.82. The molecular formula is C24H32N6O5S. The summed E-state index contributed by atoms with van der Waals surface area (Å²) >= 11 is 0. The van der Waals surface area contributed by atoms with Gasteiger partial charge in [-0.1, -0.05) is 26.8 Å². The third-order valence-corrected chi connectivity index (χ3v) is 6.07. The highest BCUT2D eigenvalue weighted by molar-refractivity contribution is 7.92. The van der Waals surface area contributed by atoms with Gasteiger partial charge in [0, 0.05) is 12.6 Å². The fourth-order valence-corrected chi connectivity index (χ4v) is 4.10. The molecule has 0 saturated heterocycles. The molecule has 2 amide bonds. The predicted molar refractivity (Wildman–Crippen MR) is 140 cm³/mol. The lowest BCUT2D eigenvalue weighted by atomic mass is 9.86. The van der Waals surface area contributed by atoms with Crippen molar-refractivity contribution in [3.05, 3.63) is 58.9 Å². The number of aryl methyl sites for hydroxylation is 1. The highest BCUT2D eigenvalue weighted by atomic mass is 32.2. The van der Waals surface area contributed by atoms with Gasteiger partial charge in [0.2, 0.25) is 10.0 Å². The Balaban J connectivity index is 1.99. The number of rotatable bonds is 7. The van der Waals surface area contributed by atoms with E-state index in [1.54, 1.807) is 41.5 Å². The summed E-state index contributed by atoms with van der Waals surface area (Å²) in [5.74, 6) is -0.521. The second-order valence-electron chi connectivity index (χ2n) is 9.41. The maximum atomic E-state index is 13.3. The zero-order valence-electron chi connectivity index (χ0n) is 21.4. The molecule has 11 nitrogen and oxygen atoms in total. The molecule has 0 aromatic heterocycles. The van der Waals surface area contributed by atoms with Crippen LogP contribution in [-0.4, -0.2) is 40.6 Å². The average Bonchev–Trinajstić information content (AvgIpc) is 3.27. The topological polar surface area (TPSA) is 141 Å². The highest BCUT2D eigenvalue weighted by Crippen LogP contribution is 2.39. The minimum absolute atomic E-state index is 0.192. The van der Waals surface area contributed by atoms with Gasteiger partial charge < -0.3 is 15.4 Å². The number of nitrogens with zero attached hydrogens (tertiary/aromatic N) is 1. The third-order valence-electron chi connectivity index (χ3n) is 5.47. The van der Waals surface area contributed by atoms with Crippen LogP contribution in [0.1, 0.15) is 42.3 Å². The van der Waals surface area contributed by atoms with E-state index in [-0.39, 0.29) is 22.8 Å². The Labute approximate surface area is 211 Å². The number of hydrogen-bond acceptors (Lipinski definition) is 8. The molecule has 0 spiro atoms. The van der Waals surface area contributed by atoms with Crippen LogP contribution in [0.4, 0.5) is 17.1 Å². The summed E-state index contributed by atoms with van der Waals surface area (Å²) in [5.41, 5.74) is 8.87. The van der Waals surface area contributed by atoms with Gasteiger partial charge in [0.25, 0.3) is 11.8 Å². The molecule has 2 aromatic rings. The van der Waals surface area contributed by atoms with Gasteiger partial charge in [-0.25, -0.2) is 8.42 Å². The van der Waals surface area contributed by atoms with Crippen molar-refractivity contribution in [2.75, 3.05) is 35.5 Å². The molecule has 1 aliphatic rings. The third kappa shape index (κ3) is 6.07. The van der Waals surface area contributed by atoms with Gasteiger partial charge in [-0.05, 0) is 47.7 Å². The first kappa shape index (κ1) is 26.8. The largest absolute Gasteiger partial charge is 0.492 e. The number of sulfonamides is 1. The Morgan fingerprint density at radius 3 is 2.31 bits per heavy atom. The van der Waals surface area contributed by atoms with Crippen LogP contribution in [0.5, 0.6) is 5.75 Å². The second kappa shape index (κ2) is 10.1. The van der Waals surface area contributed by atoms with Crippen LogP contribution in [-0.2, 0) is 20.2 Å². The van der Waals surface area contributed by atoms with Crippen molar-refractivity contribution in [2.24, 2.45) is 0 Å². The fraction of sp³-hybridized carbons (Fsp3) is 0.333. The van der Waals surface area contributed by atoms with Gasteiger partial charge in [-0.2, -0.15) is 0 Å². The molecule has 0 unspecified atom stereocenters.